The first-order valence-electron chi connectivity index (χ1n) is 8.24. The molecule has 0 unspecified atom stereocenters. The highest BCUT2D eigenvalue weighted by Gasteiger charge is 2.06. The molecule has 0 amide bonds. The molecular formula is C21H23NO. The highest BCUT2D eigenvalue weighted by Crippen LogP contribution is 2.26. The molecule has 0 atom stereocenters. The number of hydrogen-bond acceptors (Lipinski definition) is 1. The zero-order valence-corrected chi connectivity index (χ0v) is 13.8. The van der Waals surface area contributed by atoms with Crippen molar-refractivity contribution in [3.63, 3.8) is 0 Å². The zero-order chi connectivity index (χ0) is 16.2. The molecule has 0 aliphatic heterocycles. The summed E-state index contributed by atoms with van der Waals surface area (Å²) >= 11 is 0. The predicted octanol–water partition coefficient (Wildman–Crippen LogP) is 5.40. The molecule has 2 aromatic carbocycles. The van der Waals surface area contributed by atoms with Gasteiger partial charge in [-0.25, -0.2) is 0 Å². The average Bonchev–Trinajstić information content (AvgIpc) is 2.88. The number of benzene rings is 2. The number of hydrogen-bond donors (Lipinski definition) is 1. The van der Waals surface area contributed by atoms with E-state index in [1.807, 2.05) is 12.1 Å². The van der Waals surface area contributed by atoms with Gasteiger partial charge in [-0.05, 0) is 48.8 Å². The summed E-state index contributed by atoms with van der Waals surface area (Å²) in [6, 6.07) is 16.3. The van der Waals surface area contributed by atoms with Crippen LogP contribution in [0.2, 0.25) is 0 Å². The summed E-state index contributed by atoms with van der Waals surface area (Å²) in [6.45, 7) is 2.19. The van der Waals surface area contributed by atoms with Crippen LogP contribution < -0.4 is 0 Å². The third kappa shape index (κ3) is 3.16. The number of unbranched alkanes of at least 4 members (excludes halogenated alkanes) is 1. The fourth-order valence-corrected chi connectivity index (χ4v) is 3.02. The molecule has 0 saturated carbocycles. The van der Waals surface area contributed by atoms with Gasteiger partial charge in [0.05, 0.1) is 0 Å². The van der Waals surface area contributed by atoms with Gasteiger partial charge in [0.15, 0.2) is 0 Å². The zero-order valence-electron chi connectivity index (χ0n) is 13.8. The van der Waals surface area contributed by atoms with E-state index in [0.29, 0.717) is 5.75 Å². The second-order valence-corrected chi connectivity index (χ2v) is 5.97. The van der Waals surface area contributed by atoms with Gasteiger partial charge < -0.3 is 9.67 Å². The molecular weight excluding hydrogens is 282 g/mol. The van der Waals surface area contributed by atoms with E-state index >= 15 is 0 Å². The van der Waals surface area contributed by atoms with Crippen LogP contribution in [0.1, 0.15) is 36.6 Å². The number of fused-ring (bicyclic) bond motifs is 1. The minimum absolute atomic E-state index is 0.355. The van der Waals surface area contributed by atoms with Crippen LogP contribution in [0.25, 0.3) is 23.1 Å². The lowest BCUT2D eigenvalue weighted by atomic mass is 10.0. The minimum atomic E-state index is 0.355. The monoisotopic (exact) mass is 305 g/mol. The maximum Gasteiger partial charge on any atom is 0.123 e. The summed E-state index contributed by atoms with van der Waals surface area (Å²) in [4.78, 5) is 0. The molecule has 3 rings (SSSR count). The molecule has 0 radical (unpaired) electrons. The molecule has 0 aliphatic carbocycles. The van der Waals surface area contributed by atoms with Gasteiger partial charge in [0, 0.05) is 29.2 Å². The highest BCUT2D eigenvalue weighted by atomic mass is 16.3. The summed E-state index contributed by atoms with van der Waals surface area (Å²) < 4.78 is 2.18. The third-order valence-electron chi connectivity index (χ3n) is 4.38. The van der Waals surface area contributed by atoms with Gasteiger partial charge in [-0.1, -0.05) is 43.7 Å². The molecule has 118 valence electrons. The SMILES string of the molecule is CCCCc1cccc(O)c1C=Cc1cc2ccccc2n1C. The van der Waals surface area contributed by atoms with Crippen LogP contribution in [0.3, 0.4) is 0 Å². The first-order chi connectivity index (χ1) is 11.2. The Labute approximate surface area is 137 Å². The fraction of sp³-hybridized carbons (Fsp3) is 0.238. The molecule has 0 bridgehead atoms. The van der Waals surface area contributed by atoms with Gasteiger partial charge in [0.1, 0.15) is 5.75 Å². The number of phenolic OH excluding ortho intramolecular Hbond substituents is 1. The van der Waals surface area contributed by atoms with E-state index in [4.69, 9.17) is 0 Å². The van der Waals surface area contributed by atoms with E-state index in [-0.39, 0.29) is 0 Å². The maximum atomic E-state index is 10.2. The number of aromatic hydroxyl groups is 1. The molecule has 23 heavy (non-hydrogen) atoms. The van der Waals surface area contributed by atoms with Gasteiger partial charge >= 0.3 is 0 Å². The predicted molar refractivity (Wildman–Crippen MR) is 98.6 cm³/mol. The Hall–Kier alpha value is -2.48. The van der Waals surface area contributed by atoms with Crippen molar-refractivity contribution < 1.29 is 5.11 Å². The largest absolute Gasteiger partial charge is 0.507 e. The van der Waals surface area contributed by atoms with Crippen LogP contribution in [-0.2, 0) is 13.5 Å². The first kappa shape index (κ1) is 15.4. The van der Waals surface area contributed by atoms with Gasteiger partial charge in [-0.2, -0.15) is 0 Å². The van der Waals surface area contributed by atoms with E-state index in [2.05, 4.69) is 61.0 Å². The lowest BCUT2D eigenvalue weighted by Gasteiger charge is -2.08. The van der Waals surface area contributed by atoms with Gasteiger partial charge in [0.2, 0.25) is 0 Å². The van der Waals surface area contributed by atoms with Gasteiger partial charge in [-0.15, -0.1) is 0 Å². The Morgan fingerprint density at radius 2 is 1.87 bits per heavy atom. The van der Waals surface area contributed by atoms with Crippen molar-refractivity contribution >= 4 is 23.1 Å². The lowest BCUT2D eigenvalue weighted by molar-refractivity contribution is 0.473. The van der Waals surface area contributed by atoms with Crippen LogP contribution in [0.15, 0.2) is 48.5 Å². The number of phenols is 1. The number of nitrogens with zero attached hydrogens (tertiary/aromatic N) is 1. The van der Waals surface area contributed by atoms with Crippen LogP contribution in [0.4, 0.5) is 0 Å². The molecule has 1 aromatic heterocycles. The summed E-state index contributed by atoms with van der Waals surface area (Å²) in [5.41, 5.74) is 4.50. The highest BCUT2D eigenvalue weighted by molar-refractivity contribution is 5.85. The lowest BCUT2D eigenvalue weighted by Crippen LogP contribution is -1.91. The molecule has 3 aromatic rings. The second kappa shape index (κ2) is 6.74. The van der Waals surface area contributed by atoms with Crippen molar-refractivity contribution in [2.75, 3.05) is 0 Å². The van der Waals surface area contributed by atoms with Crippen LogP contribution in [-0.4, -0.2) is 9.67 Å². The maximum absolute atomic E-state index is 10.2. The Morgan fingerprint density at radius 3 is 2.65 bits per heavy atom. The number of para-hydroxylation sites is 1. The van der Waals surface area contributed by atoms with Crippen LogP contribution in [0.5, 0.6) is 5.75 Å². The number of aryl methyl sites for hydroxylation is 2. The topological polar surface area (TPSA) is 25.2 Å². The van der Waals surface area contributed by atoms with E-state index < -0.39 is 0 Å². The summed E-state index contributed by atoms with van der Waals surface area (Å²) in [7, 11) is 2.07. The van der Waals surface area contributed by atoms with Gasteiger partial charge in [0.25, 0.3) is 0 Å². The molecule has 0 aliphatic rings. The fourth-order valence-electron chi connectivity index (χ4n) is 3.02. The number of rotatable bonds is 5. The Kier molecular flexibility index (Phi) is 4.52. The normalized spacial score (nSPS) is 11.6. The van der Waals surface area contributed by atoms with Crippen molar-refractivity contribution in [3.8, 4) is 5.75 Å². The summed E-state index contributed by atoms with van der Waals surface area (Å²) in [5, 5.41) is 11.5. The van der Waals surface area contributed by atoms with E-state index in [1.165, 1.54) is 16.5 Å². The van der Waals surface area contributed by atoms with Crippen molar-refractivity contribution in [2.45, 2.75) is 26.2 Å². The standard InChI is InChI=1S/C21H23NO/c1-3-4-8-16-10-7-12-21(23)19(16)14-13-18-15-17-9-5-6-11-20(17)22(18)2/h5-7,9-15,23H,3-4,8H2,1-2H3. The van der Waals surface area contributed by atoms with Crippen molar-refractivity contribution in [1.82, 2.24) is 4.57 Å². The first-order valence-corrected chi connectivity index (χ1v) is 8.24. The van der Waals surface area contributed by atoms with Crippen LogP contribution in [0, 0.1) is 0 Å². The Balaban J connectivity index is 1.97. The smallest absolute Gasteiger partial charge is 0.123 e. The van der Waals surface area contributed by atoms with Gasteiger partial charge in [-0.3, -0.25) is 0 Å². The third-order valence-corrected chi connectivity index (χ3v) is 4.38. The van der Waals surface area contributed by atoms with E-state index in [1.54, 1.807) is 6.07 Å². The Bertz CT molecular complexity index is 842. The average molecular weight is 305 g/mol. The molecule has 2 nitrogen and oxygen atoms in total. The molecule has 1 heterocycles. The summed E-state index contributed by atoms with van der Waals surface area (Å²) in [5.74, 6) is 0.355. The second-order valence-electron chi connectivity index (χ2n) is 5.97. The minimum Gasteiger partial charge on any atom is -0.507 e. The quantitative estimate of drug-likeness (QED) is 0.671. The van der Waals surface area contributed by atoms with Crippen molar-refractivity contribution in [2.24, 2.45) is 7.05 Å². The van der Waals surface area contributed by atoms with E-state index in [9.17, 15) is 5.11 Å². The molecule has 0 spiro atoms. The Morgan fingerprint density at radius 1 is 1.04 bits per heavy atom. The summed E-state index contributed by atoms with van der Waals surface area (Å²) in [6.07, 6.45) is 7.42. The van der Waals surface area contributed by atoms with Crippen LogP contribution >= 0.6 is 0 Å². The molecule has 1 N–H and O–H groups in total. The van der Waals surface area contributed by atoms with Crippen molar-refractivity contribution in [3.05, 3.63) is 65.4 Å². The molecule has 2 heteroatoms. The number of aromatic nitrogens is 1. The van der Waals surface area contributed by atoms with E-state index in [0.717, 1.165) is 30.5 Å². The molecule has 0 fully saturated rings. The molecule has 0 saturated heterocycles. The van der Waals surface area contributed by atoms with Crippen molar-refractivity contribution in [1.29, 1.82) is 0 Å².